The fraction of sp³-hybridized carbons (Fsp3) is 0.389. The van der Waals surface area contributed by atoms with Crippen LogP contribution in [0.5, 0.6) is 11.5 Å². The predicted octanol–water partition coefficient (Wildman–Crippen LogP) is 3.74. The van der Waals surface area contributed by atoms with Gasteiger partial charge in [-0.1, -0.05) is 11.6 Å². The molecule has 0 atom stereocenters. The molecule has 7 nitrogen and oxygen atoms in total. The van der Waals surface area contributed by atoms with Crippen LogP contribution in [0.25, 0.3) is 6.08 Å². The summed E-state index contributed by atoms with van der Waals surface area (Å²) in [6.07, 6.45) is 1.19. The lowest BCUT2D eigenvalue weighted by Gasteiger charge is -2.13. The molecule has 27 heavy (non-hydrogen) atoms. The standard InChI is InChI=1S/C18H20ClNO6S/c1-5-25-13-7-11(6-12(19)16(13)24-4)8-14-17(22)20(18(23)27-14)9-15(21)26-10(2)3/h6-8,10H,5,9H2,1-4H3. The van der Waals surface area contributed by atoms with Gasteiger partial charge in [0, 0.05) is 0 Å². The van der Waals surface area contributed by atoms with E-state index in [1.54, 1.807) is 26.0 Å². The Labute approximate surface area is 166 Å². The fourth-order valence-electron chi connectivity index (χ4n) is 2.35. The normalized spacial score (nSPS) is 15.6. The Bertz CT molecular complexity index is 792. The number of hydrogen-bond donors (Lipinski definition) is 0. The quantitative estimate of drug-likeness (QED) is 0.497. The molecule has 1 aromatic rings. The zero-order valence-corrected chi connectivity index (χ0v) is 17.0. The first-order valence-electron chi connectivity index (χ1n) is 8.22. The Hall–Kier alpha value is -2.19. The molecule has 0 aromatic heterocycles. The van der Waals surface area contributed by atoms with Crippen LogP contribution >= 0.6 is 23.4 Å². The largest absolute Gasteiger partial charge is 0.491 e. The molecular weight excluding hydrogens is 394 g/mol. The van der Waals surface area contributed by atoms with Gasteiger partial charge in [-0.25, -0.2) is 0 Å². The van der Waals surface area contributed by atoms with Crippen LogP contribution in [0.1, 0.15) is 26.3 Å². The minimum atomic E-state index is -0.639. The fourth-order valence-corrected chi connectivity index (χ4v) is 3.48. The van der Waals surface area contributed by atoms with Gasteiger partial charge in [0.15, 0.2) is 11.5 Å². The molecule has 1 heterocycles. The summed E-state index contributed by atoms with van der Waals surface area (Å²) in [6.45, 7) is 5.18. The van der Waals surface area contributed by atoms with E-state index >= 15 is 0 Å². The molecule has 0 bridgehead atoms. The van der Waals surface area contributed by atoms with Crippen LogP contribution < -0.4 is 9.47 Å². The SMILES string of the molecule is CCOc1cc(C=C2SC(=O)N(CC(=O)OC(C)C)C2=O)cc(Cl)c1OC. The smallest absolute Gasteiger partial charge is 0.326 e. The number of benzene rings is 1. The number of amides is 2. The monoisotopic (exact) mass is 413 g/mol. The van der Waals surface area contributed by atoms with Gasteiger partial charge in [-0.15, -0.1) is 0 Å². The number of nitrogens with zero attached hydrogens (tertiary/aromatic N) is 1. The number of esters is 1. The highest BCUT2D eigenvalue weighted by Gasteiger charge is 2.36. The summed E-state index contributed by atoms with van der Waals surface area (Å²) in [4.78, 5) is 37.4. The third-order valence-electron chi connectivity index (χ3n) is 3.36. The second kappa shape index (κ2) is 9.14. The van der Waals surface area contributed by atoms with Crippen molar-refractivity contribution >= 4 is 46.6 Å². The Morgan fingerprint density at radius 3 is 2.63 bits per heavy atom. The van der Waals surface area contributed by atoms with Crippen molar-refractivity contribution in [2.45, 2.75) is 26.9 Å². The van der Waals surface area contributed by atoms with Crippen molar-refractivity contribution in [3.8, 4) is 11.5 Å². The summed E-state index contributed by atoms with van der Waals surface area (Å²) in [5.74, 6) is -0.381. The van der Waals surface area contributed by atoms with Crippen LogP contribution in [0.4, 0.5) is 4.79 Å². The number of halogens is 1. The van der Waals surface area contributed by atoms with E-state index in [2.05, 4.69) is 0 Å². The number of imide groups is 1. The van der Waals surface area contributed by atoms with Crippen molar-refractivity contribution in [2.75, 3.05) is 20.3 Å². The molecule has 9 heteroatoms. The first kappa shape index (κ1) is 21.1. The lowest BCUT2D eigenvalue weighted by molar-refractivity contribution is -0.149. The molecule has 0 unspecified atom stereocenters. The Morgan fingerprint density at radius 2 is 2.04 bits per heavy atom. The summed E-state index contributed by atoms with van der Waals surface area (Å²) >= 11 is 6.95. The summed E-state index contributed by atoms with van der Waals surface area (Å²) in [5.41, 5.74) is 0.569. The maximum Gasteiger partial charge on any atom is 0.326 e. The molecule has 0 aliphatic carbocycles. The lowest BCUT2D eigenvalue weighted by atomic mass is 10.1. The van der Waals surface area contributed by atoms with Crippen LogP contribution in [-0.4, -0.2) is 48.4 Å². The molecule has 146 valence electrons. The number of carbonyl (C=O) groups is 3. The van der Waals surface area contributed by atoms with Gasteiger partial charge in [0.2, 0.25) is 0 Å². The van der Waals surface area contributed by atoms with Gasteiger partial charge in [-0.3, -0.25) is 19.3 Å². The topological polar surface area (TPSA) is 82.1 Å². The Kier molecular flexibility index (Phi) is 7.15. The van der Waals surface area contributed by atoms with Crippen LogP contribution in [0.2, 0.25) is 5.02 Å². The molecule has 2 rings (SSSR count). The van der Waals surface area contributed by atoms with Crippen LogP contribution in [0.15, 0.2) is 17.0 Å². The van der Waals surface area contributed by atoms with Crippen molar-refractivity contribution in [3.63, 3.8) is 0 Å². The van der Waals surface area contributed by atoms with Gasteiger partial charge in [0.05, 0.1) is 29.7 Å². The molecule has 0 spiro atoms. The predicted molar refractivity (Wildman–Crippen MR) is 103 cm³/mol. The molecule has 1 aliphatic rings. The van der Waals surface area contributed by atoms with Gasteiger partial charge in [0.1, 0.15) is 6.54 Å². The molecule has 0 radical (unpaired) electrons. The molecule has 0 saturated carbocycles. The lowest BCUT2D eigenvalue weighted by Crippen LogP contribution is -2.35. The number of methoxy groups -OCH3 is 1. The molecular formula is C18H20ClNO6S. The summed E-state index contributed by atoms with van der Waals surface area (Å²) in [5, 5.41) is -0.217. The summed E-state index contributed by atoms with van der Waals surface area (Å²) < 4.78 is 15.7. The van der Waals surface area contributed by atoms with E-state index in [-0.39, 0.29) is 11.0 Å². The first-order valence-corrected chi connectivity index (χ1v) is 9.41. The highest BCUT2D eigenvalue weighted by molar-refractivity contribution is 8.18. The molecule has 1 aromatic carbocycles. The molecule has 1 aliphatic heterocycles. The number of thioether (sulfide) groups is 1. The molecule has 2 amide bonds. The van der Waals surface area contributed by atoms with Crippen molar-refractivity contribution < 1.29 is 28.6 Å². The van der Waals surface area contributed by atoms with E-state index in [0.717, 1.165) is 16.7 Å². The van der Waals surface area contributed by atoms with Crippen molar-refractivity contribution in [1.82, 2.24) is 4.90 Å². The Balaban J connectivity index is 2.26. The Morgan fingerprint density at radius 1 is 1.33 bits per heavy atom. The maximum atomic E-state index is 12.5. The highest BCUT2D eigenvalue weighted by Crippen LogP contribution is 2.38. The first-order chi connectivity index (χ1) is 12.8. The molecule has 0 N–H and O–H groups in total. The highest BCUT2D eigenvalue weighted by atomic mass is 35.5. The van der Waals surface area contributed by atoms with Gasteiger partial charge in [-0.05, 0) is 56.3 Å². The van der Waals surface area contributed by atoms with E-state index in [4.69, 9.17) is 25.8 Å². The van der Waals surface area contributed by atoms with E-state index in [1.165, 1.54) is 13.2 Å². The van der Waals surface area contributed by atoms with Crippen molar-refractivity contribution in [2.24, 2.45) is 0 Å². The third kappa shape index (κ3) is 5.17. The maximum absolute atomic E-state index is 12.5. The number of rotatable bonds is 7. The molecule has 1 fully saturated rings. The minimum absolute atomic E-state index is 0.182. The van der Waals surface area contributed by atoms with E-state index in [0.29, 0.717) is 28.7 Å². The minimum Gasteiger partial charge on any atom is -0.491 e. The van der Waals surface area contributed by atoms with Gasteiger partial charge in [-0.2, -0.15) is 0 Å². The molecule has 1 saturated heterocycles. The third-order valence-corrected chi connectivity index (χ3v) is 4.55. The van der Waals surface area contributed by atoms with E-state index in [1.807, 2.05) is 6.92 Å². The number of hydrogen-bond acceptors (Lipinski definition) is 7. The van der Waals surface area contributed by atoms with Crippen LogP contribution in [-0.2, 0) is 14.3 Å². The zero-order valence-electron chi connectivity index (χ0n) is 15.4. The van der Waals surface area contributed by atoms with Crippen molar-refractivity contribution in [1.29, 1.82) is 0 Å². The summed E-state index contributed by atoms with van der Waals surface area (Å²) in [7, 11) is 1.48. The van der Waals surface area contributed by atoms with E-state index in [9.17, 15) is 14.4 Å². The average Bonchev–Trinajstić information content (AvgIpc) is 2.82. The average molecular weight is 414 g/mol. The van der Waals surface area contributed by atoms with Crippen molar-refractivity contribution in [3.05, 3.63) is 27.6 Å². The second-order valence-corrected chi connectivity index (χ2v) is 7.17. The van der Waals surface area contributed by atoms with Gasteiger partial charge in [0.25, 0.3) is 11.1 Å². The number of ether oxygens (including phenoxy) is 3. The van der Waals surface area contributed by atoms with E-state index < -0.39 is 23.7 Å². The van der Waals surface area contributed by atoms with Gasteiger partial charge < -0.3 is 14.2 Å². The second-order valence-electron chi connectivity index (χ2n) is 5.77. The van der Waals surface area contributed by atoms with Gasteiger partial charge >= 0.3 is 5.97 Å². The van der Waals surface area contributed by atoms with Crippen LogP contribution in [0, 0.1) is 0 Å². The summed E-state index contributed by atoms with van der Waals surface area (Å²) in [6, 6.07) is 3.26. The zero-order chi connectivity index (χ0) is 20.1. The van der Waals surface area contributed by atoms with Crippen LogP contribution in [0.3, 0.4) is 0 Å². The number of carbonyl (C=O) groups excluding carboxylic acids is 3.